The number of fused-ring (bicyclic) bond motifs is 1. The van der Waals surface area contributed by atoms with E-state index in [0.717, 1.165) is 10.9 Å². The smallest absolute Gasteiger partial charge is 0.243 e. The fraction of sp³-hybridized carbons (Fsp3) is 0.469. The SMILES string of the molecule is CC(=O)N[C@@H](CCCNC(=N)N)C(=O)N[C@H]1CCC(=O)NCCC[C@@H](C(N)=O)NC(=O)[C@H](Cc2c[nH]c3ccccc23)NC(=O)[C@H](CCCNC(=N)N)NC(=O)[C@@H](Cc2ccc(N)cc2)NC(=O)[C@H](CCC(N)=O)NC1=O. The summed E-state index contributed by atoms with van der Waals surface area (Å²) in [7, 11) is 0. The number of para-hydroxylation sites is 1. The van der Waals surface area contributed by atoms with Crippen LogP contribution in [0.25, 0.3) is 10.9 Å². The molecule has 10 amide bonds. The first-order valence-corrected chi connectivity index (χ1v) is 25.1. The zero-order valence-electron chi connectivity index (χ0n) is 42.8. The normalized spacial score (nSPS) is 20.8. The summed E-state index contributed by atoms with van der Waals surface area (Å²) in [6.07, 6.45) is -0.0454. The van der Waals surface area contributed by atoms with Crippen LogP contribution in [-0.2, 0) is 60.8 Å². The maximum atomic E-state index is 14.7. The fourth-order valence-corrected chi connectivity index (χ4v) is 8.31. The van der Waals surface area contributed by atoms with E-state index >= 15 is 0 Å². The van der Waals surface area contributed by atoms with Crippen LogP contribution in [0.3, 0.4) is 0 Å². The Morgan fingerprint density at radius 1 is 0.701 bits per heavy atom. The number of benzene rings is 2. The van der Waals surface area contributed by atoms with E-state index in [0.29, 0.717) is 16.8 Å². The molecule has 0 bridgehead atoms. The Bertz CT molecular complexity index is 2610. The molecule has 1 aromatic heterocycles. The quantitative estimate of drug-likeness (QED) is 0.0235. The van der Waals surface area contributed by atoms with Crippen molar-refractivity contribution in [3.63, 3.8) is 0 Å². The minimum Gasteiger partial charge on any atom is -0.399 e. The Hall–Kier alpha value is -8.98. The summed E-state index contributed by atoms with van der Waals surface area (Å²) >= 11 is 0. The maximum absolute atomic E-state index is 14.7. The molecule has 2 heterocycles. The lowest BCUT2D eigenvalue weighted by molar-refractivity contribution is -0.136. The largest absolute Gasteiger partial charge is 0.399 e. The number of hydrogen-bond acceptors (Lipinski definition) is 13. The lowest BCUT2D eigenvalue weighted by Crippen LogP contribution is -2.60. The molecule has 1 aliphatic heterocycles. The summed E-state index contributed by atoms with van der Waals surface area (Å²) < 4.78 is 0. The number of amides is 10. The van der Waals surface area contributed by atoms with Crippen LogP contribution in [0, 0.1) is 10.8 Å². The van der Waals surface area contributed by atoms with Crippen molar-refractivity contribution in [3.05, 3.63) is 65.9 Å². The number of aromatic nitrogens is 1. The molecule has 0 aliphatic carbocycles. The van der Waals surface area contributed by atoms with Gasteiger partial charge in [0.1, 0.15) is 42.3 Å². The number of nitrogen functional groups attached to an aromatic ring is 1. The number of guanidine groups is 2. The van der Waals surface area contributed by atoms with Gasteiger partial charge in [-0.2, -0.15) is 0 Å². The van der Waals surface area contributed by atoms with E-state index in [4.69, 9.17) is 39.5 Å². The van der Waals surface area contributed by atoms with E-state index in [1.165, 1.54) is 6.92 Å². The summed E-state index contributed by atoms with van der Waals surface area (Å²) in [6, 6.07) is 3.47. The van der Waals surface area contributed by atoms with Crippen molar-refractivity contribution in [2.24, 2.45) is 22.9 Å². The van der Waals surface area contributed by atoms with E-state index < -0.39 is 121 Å². The van der Waals surface area contributed by atoms with Gasteiger partial charge in [0, 0.05) is 75.0 Å². The molecule has 418 valence electrons. The van der Waals surface area contributed by atoms with E-state index in [1.54, 1.807) is 42.6 Å². The fourth-order valence-electron chi connectivity index (χ4n) is 8.31. The standard InChI is InChI=1S/C49H72N18O10/c1-26(68)61-33(10-5-21-58-48(53)54)42(72)65-36-17-19-40(70)57-20-4-9-32(41(52)71)62-47(77)38(24-28-25-60-31-8-3-2-7-30(28)31)67-43(73)34(11-6-22-59-49(55)56)63-46(76)37(23-27-12-14-29(50)15-13-27)66-45(75)35(64-44(36)74)16-18-39(51)69/h2-3,7-8,12-15,25,32-38,60H,4-6,9-11,16-24,50H2,1H3,(H2,51,69)(H2,52,71)(H,57,70)(H,61,68)(H,62,77)(H,63,76)(H,64,74)(H,65,72)(H,66,75)(H,67,73)(H4,53,54,58)(H4,55,56,59)/t32-,33-,34-,35-,36-,37+,38-/m0/s1. The Morgan fingerprint density at radius 3 is 1.92 bits per heavy atom. The maximum Gasteiger partial charge on any atom is 0.243 e. The molecule has 2 aromatic carbocycles. The highest BCUT2D eigenvalue weighted by molar-refractivity contribution is 5.98. The van der Waals surface area contributed by atoms with Crippen molar-refractivity contribution >= 4 is 87.6 Å². The Kier molecular flexibility index (Phi) is 23.9. The topological polar surface area (TPSA) is 485 Å². The number of aromatic amines is 1. The van der Waals surface area contributed by atoms with Crippen molar-refractivity contribution in [1.29, 1.82) is 10.8 Å². The number of H-pyrrole nitrogens is 1. The number of primary amides is 2. The summed E-state index contributed by atoms with van der Waals surface area (Å²) in [6.45, 7) is 1.35. The summed E-state index contributed by atoms with van der Waals surface area (Å²) in [5, 5.41) is 41.9. The summed E-state index contributed by atoms with van der Waals surface area (Å²) in [5.74, 6) is -9.12. The monoisotopic (exact) mass is 1070 g/mol. The first-order valence-electron chi connectivity index (χ1n) is 25.1. The molecule has 4 rings (SSSR count). The van der Waals surface area contributed by atoms with Gasteiger partial charge < -0.3 is 86.8 Å². The van der Waals surface area contributed by atoms with Gasteiger partial charge in [-0.05, 0) is 80.7 Å². The van der Waals surface area contributed by atoms with Gasteiger partial charge in [-0.1, -0.05) is 30.3 Å². The third-order valence-corrected chi connectivity index (χ3v) is 12.3. The number of nitrogens with two attached hydrogens (primary N) is 5. The molecule has 23 N–H and O–H groups in total. The Labute approximate surface area is 443 Å². The highest BCUT2D eigenvalue weighted by Crippen LogP contribution is 2.20. The van der Waals surface area contributed by atoms with E-state index in [1.807, 2.05) is 12.1 Å². The summed E-state index contributed by atoms with van der Waals surface area (Å²) in [4.78, 5) is 140. The highest BCUT2D eigenvalue weighted by atomic mass is 16.2. The number of rotatable bonds is 19. The van der Waals surface area contributed by atoms with Gasteiger partial charge in [-0.15, -0.1) is 0 Å². The molecule has 7 atom stereocenters. The zero-order chi connectivity index (χ0) is 56.6. The first kappa shape index (κ1) is 60.6. The second-order valence-corrected chi connectivity index (χ2v) is 18.5. The molecule has 0 saturated carbocycles. The van der Waals surface area contributed by atoms with Gasteiger partial charge >= 0.3 is 0 Å². The van der Waals surface area contributed by atoms with Crippen LogP contribution in [0.4, 0.5) is 5.69 Å². The molecule has 28 nitrogen and oxygen atoms in total. The first-order chi connectivity index (χ1) is 36.6. The van der Waals surface area contributed by atoms with Crippen molar-refractivity contribution in [3.8, 4) is 0 Å². The van der Waals surface area contributed by atoms with Crippen molar-refractivity contribution < 1.29 is 47.9 Å². The highest BCUT2D eigenvalue weighted by Gasteiger charge is 2.35. The number of anilines is 1. The van der Waals surface area contributed by atoms with Gasteiger partial charge in [0.05, 0.1) is 0 Å². The second kappa shape index (κ2) is 30.4. The van der Waals surface area contributed by atoms with Crippen LogP contribution in [0.2, 0.25) is 0 Å². The molecule has 1 aliphatic rings. The lowest BCUT2D eigenvalue weighted by Gasteiger charge is -2.28. The van der Waals surface area contributed by atoms with Gasteiger partial charge in [0.25, 0.3) is 0 Å². The molecule has 1 fully saturated rings. The van der Waals surface area contributed by atoms with Crippen LogP contribution < -0.4 is 81.8 Å². The minimum atomic E-state index is -1.62. The van der Waals surface area contributed by atoms with Gasteiger partial charge in [-0.3, -0.25) is 58.8 Å². The van der Waals surface area contributed by atoms with E-state index in [9.17, 15) is 47.9 Å². The average molecular weight is 1070 g/mol. The molecular weight excluding hydrogens is 1000 g/mol. The molecule has 0 unspecified atom stereocenters. The number of nitrogens with one attached hydrogen (secondary N) is 13. The second-order valence-electron chi connectivity index (χ2n) is 18.5. The molecule has 28 heteroatoms. The van der Waals surface area contributed by atoms with E-state index in [2.05, 4.69) is 58.2 Å². The molecule has 0 radical (unpaired) electrons. The van der Waals surface area contributed by atoms with Crippen LogP contribution in [-0.4, -0.2) is 138 Å². The predicted molar refractivity (Wildman–Crippen MR) is 283 cm³/mol. The van der Waals surface area contributed by atoms with Crippen LogP contribution in [0.1, 0.15) is 82.3 Å². The molecule has 3 aromatic rings. The Morgan fingerprint density at radius 2 is 1.29 bits per heavy atom. The van der Waals surface area contributed by atoms with Crippen LogP contribution in [0.5, 0.6) is 0 Å². The van der Waals surface area contributed by atoms with Crippen LogP contribution in [0.15, 0.2) is 54.7 Å². The minimum absolute atomic E-state index is 0.0109. The third-order valence-electron chi connectivity index (χ3n) is 12.3. The van der Waals surface area contributed by atoms with Crippen molar-refractivity contribution in [2.45, 2.75) is 126 Å². The van der Waals surface area contributed by atoms with Gasteiger partial charge in [-0.25, -0.2) is 0 Å². The zero-order valence-corrected chi connectivity index (χ0v) is 42.8. The average Bonchev–Trinajstić information content (AvgIpc) is 3.78. The van der Waals surface area contributed by atoms with Gasteiger partial charge in [0.2, 0.25) is 59.1 Å². The Balaban J connectivity index is 1.79. The van der Waals surface area contributed by atoms with Crippen molar-refractivity contribution in [2.75, 3.05) is 25.4 Å². The molecule has 77 heavy (non-hydrogen) atoms. The van der Waals surface area contributed by atoms with Crippen LogP contribution >= 0.6 is 0 Å². The number of hydrogen-bond donors (Lipinski definition) is 18. The lowest BCUT2D eigenvalue weighted by atomic mass is 10.0. The third kappa shape index (κ3) is 21.0. The van der Waals surface area contributed by atoms with E-state index in [-0.39, 0.29) is 89.3 Å². The van der Waals surface area contributed by atoms with Crippen molar-refractivity contribution in [1.82, 2.24) is 58.2 Å². The number of carbonyl (C=O) groups is 10. The molecular formula is C49H72N18O10. The molecule has 1 saturated heterocycles. The molecule has 0 spiro atoms. The summed E-state index contributed by atoms with van der Waals surface area (Å²) in [5.41, 5.74) is 30.3. The predicted octanol–water partition coefficient (Wildman–Crippen LogP) is -4.08. The number of carbonyl (C=O) groups excluding carboxylic acids is 10. The van der Waals surface area contributed by atoms with Gasteiger partial charge in [0.15, 0.2) is 11.9 Å².